The van der Waals surface area contributed by atoms with Crippen molar-refractivity contribution in [1.29, 1.82) is 0 Å². The normalized spacial score (nSPS) is 16.1. The van der Waals surface area contributed by atoms with Gasteiger partial charge < -0.3 is 10.0 Å². The molecule has 1 rings (SSSR count). The molecule has 1 aromatic carbocycles. The van der Waals surface area contributed by atoms with Crippen molar-refractivity contribution >= 4 is 17.5 Å². The number of nitrogens with zero attached hydrogens (tertiary/aromatic N) is 1. The molecule has 0 saturated carbocycles. The van der Waals surface area contributed by atoms with E-state index in [-0.39, 0.29) is 11.9 Å². The van der Waals surface area contributed by atoms with Crippen molar-refractivity contribution in [2.75, 3.05) is 7.05 Å². The van der Waals surface area contributed by atoms with Crippen molar-refractivity contribution in [3.63, 3.8) is 0 Å². The summed E-state index contributed by atoms with van der Waals surface area (Å²) in [4.78, 5) is 13.2. The van der Waals surface area contributed by atoms with Crippen LogP contribution in [0.4, 0.5) is 0 Å². The van der Waals surface area contributed by atoms with Crippen LogP contribution in [0, 0.1) is 0 Å². The third-order valence-electron chi connectivity index (χ3n) is 2.90. The topological polar surface area (TPSA) is 40.5 Å². The first-order valence-corrected chi connectivity index (χ1v) is 6.02. The van der Waals surface area contributed by atoms with E-state index in [1.54, 1.807) is 20.9 Å². The molecule has 1 N–H and O–H groups in total. The zero-order chi connectivity index (χ0) is 13.0. The fourth-order valence-electron chi connectivity index (χ4n) is 1.62. The molecule has 17 heavy (non-hydrogen) atoms. The van der Waals surface area contributed by atoms with Crippen molar-refractivity contribution in [2.45, 2.75) is 31.4 Å². The monoisotopic (exact) mass is 255 g/mol. The van der Waals surface area contributed by atoms with Crippen LogP contribution in [0.15, 0.2) is 30.3 Å². The highest BCUT2D eigenvalue weighted by Crippen LogP contribution is 2.20. The smallest absolute Gasteiger partial charge is 0.240 e. The second-order valence-electron chi connectivity index (χ2n) is 4.16. The number of rotatable bonds is 4. The Morgan fingerprint density at radius 1 is 1.29 bits per heavy atom. The first-order chi connectivity index (χ1) is 7.95. The minimum Gasteiger partial charge on any atom is -0.386 e. The molecule has 1 amide bonds. The van der Waals surface area contributed by atoms with Gasteiger partial charge in [0.15, 0.2) is 0 Å². The molecule has 0 saturated heterocycles. The number of amides is 1. The molecule has 0 aliphatic heterocycles. The number of hydrogen-bond acceptors (Lipinski definition) is 2. The Hall–Kier alpha value is -1.06. The van der Waals surface area contributed by atoms with E-state index in [2.05, 4.69) is 0 Å². The van der Waals surface area contributed by atoms with Crippen LogP contribution in [-0.2, 0) is 4.79 Å². The van der Waals surface area contributed by atoms with E-state index < -0.39 is 11.5 Å². The Kier molecular flexibility index (Phi) is 4.97. The summed E-state index contributed by atoms with van der Waals surface area (Å²) in [6, 6.07) is 8.96. The zero-order valence-electron chi connectivity index (χ0n) is 10.3. The molecule has 0 heterocycles. The quantitative estimate of drug-likeness (QED) is 0.838. The Bertz CT molecular complexity index is 367. The predicted octanol–water partition coefficient (Wildman–Crippen LogP) is 2.19. The third-order valence-corrected chi connectivity index (χ3v) is 3.08. The Balaban J connectivity index is 2.76. The molecule has 0 aromatic heterocycles. The number of hydrogen-bond donors (Lipinski definition) is 1. The van der Waals surface area contributed by atoms with Crippen LogP contribution in [-0.4, -0.2) is 34.4 Å². The van der Waals surface area contributed by atoms with Crippen molar-refractivity contribution in [1.82, 2.24) is 4.90 Å². The van der Waals surface area contributed by atoms with Crippen LogP contribution >= 0.6 is 11.6 Å². The highest BCUT2D eigenvalue weighted by atomic mass is 35.5. The largest absolute Gasteiger partial charge is 0.386 e. The van der Waals surface area contributed by atoms with Gasteiger partial charge in [-0.2, -0.15) is 0 Å². The molecule has 0 radical (unpaired) electrons. The number of halogens is 1. The van der Waals surface area contributed by atoms with Crippen LogP contribution < -0.4 is 0 Å². The highest BCUT2D eigenvalue weighted by molar-refractivity contribution is 6.30. The second kappa shape index (κ2) is 6.03. The number of likely N-dealkylation sites (N-methyl/N-ethyl adjacent to an activating group) is 1. The number of aliphatic hydroxyl groups is 1. The van der Waals surface area contributed by atoms with Crippen LogP contribution in [0.2, 0.25) is 0 Å². The van der Waals surface area contributed by atoms with Gasteiger partial charge >= 0.3 is 0 Å². The van der Waals surface area contributed by atoms with E-state index in [1.165, 1.54) is 4.90 Å². The van der Waals surface area contributed by atoms with Gasteiger partial charge in [-0.1, -0.05) is 30.3 Å². The summed E-state index contributed by atoms with van der Waals surface area (Å²) in [5, 5.41) is 9.57. The van der Waals surface area contributed by atoms with Crippen molar-refractivity contribution < 1.29 is 9.90 Å². The summed E-state index contributed by atoms with van der Waals surface area (Å²) in [5.41, 5.74) is 0.793. The number of benzene rings is 1. The Morgan fingerprint density at radius 3 is 2.29 bits per heavy atom. The average molecular weight is 256 g/mol. The Morgan fingerprint density at radius 2 is 1.82 bits per heavy atom. The first-order valence-electron chi connectivity index (χ1n) is 5.59. The number of carbonyl (C=O) groups is 1. The molecule has 1 aromatic rings. The van der Waals surface area contributed by atoms with Crippen molar-refractivity contribution in [2.24, 2.45) is 0 Å². The maximum Gasteiger partial charge on any atom is 0.240 e. The highest BCUT2D eigenvalue weighted by Gasteiger charge is 2.25. The van der Waals surface area contributed by atoms with Gasteiger partial charge in [-0.05, 0) is 19.4 Å². The van der Waals surface area contributed by atoms with Gasteiger partial charge in [-0.3, -0.25) is 4.79 Å². The molecular weight excluding hydrogens is 238 g/mol. The standard InChI is InChI=1S/C13H18ClNO2/c1-9(14)13(17)15(3)10(2)12(16)11-7-5-4-6-8-11/h4-10,12,16H,1-3H3/t9-,10+,12-/m1/s1. The van der Waals surface area contributed by atoms with Gasteiger partial charge in [0.2, 0.25) is 5.91 Å². The molecule has 0 fully saturated rings. The van der Waals surface area contributed by atoms with E-state index >= 15 is 0 Å². The predicted molar refractivity (Wildman–Crippen MR) is 68.9 cm³/mol. The number of alkyl halides is 1. The van der Waals surface area contributed by atoms with Gasteiger partial charge in [-0.15, -0.1) is 11.6 Å². The summed E-state index contributed by atoms with van der Waals surface area (Å²) >= 11 is 5.75. The molecule has 0 aliphatic rings. The minimum atomic E-state index is -0.708. The lowest BCUT2D eigenvalue weighted by Gasteiger charge is -2.30. The lowest BCUT2D eigenvalue weighted by molar-refractivity contribution is -0.133. The summed E-state index contributed by atoms with van der Waals surface area (Å²) in [7, 11) is 1.65. The van der Waals surface area contributed by atoms with Crippen LogP contribution in [0.5, 0.6) is 0 Å². The van der Waals surface area contributed by atoms with E-state index in [0.29, 0.717) is 0 Å². The van der Waals surface area contributed by atoms with Crippen molar-refractivity contribution in [3.05, 3.63) is 35.9 Å². The van der Waals surface area contributed by atoms with E-state index in [0.717, 1.165) is 5.56 Å². The molecule has 0 bridgehead atoms. The summed E-state index contributed by atoms with van der Waals surface area (Å²) in [5.74, 6) is -0.186. The molecular formula is C13H18ClNO2. The first kappa shape index (κ1) is 14.0. The summed E-state index contributed by atoms with van der Waals surface area (Å²) in [6.45, 7) is 3.43. The maximum atomic E-state index is 11.7. The molecule has 3 atom stereocenters. The second-order valence-corrected chi connectivity index (χ2v) is 4.82. The molecule has 0 aliphatic carbocycles. The number of carbonyl (C=O) groups excluding carboxylic acids is 1. The summed E-state index contributed by atoms with van der Waals surface area (Å²) in [6.07, 6.45) is -0.708. The lowest BCUT2D eigenvalue weighted by atomic mass is 10.0. The van der Waals surface area contributed by atoms with Crippen LogP contribution in [0.25, 0.3) is 0 Å². The lowest BCUT2D eigenvalue weighted by Crippen LogP contribution is -2.42. The third kappa shape index (κ3) is 3.45. The summed E-state index contributed by atoms with van der Waals surface area (Å²) < 4.78 is 0. The van der Waals surface area contributed by atoms with Crippen LogP contribution in [0.3, 0.4) is 0 Å². The minimum absolute atomic E-state index is 0.186. The van der Waals surface area contributed by atoms with E-state index in [1.807, 2.05) is 30.3 Å². The zero-order valence-corrected chi connectivity index (χ0v) is 11.1. The van der Waals surface area contributed by atoms with Crippen LogP contribution in [0.1, 0.15) is 25.5 Å². The van der Waals surface area contributed by atoms with Gasteiger partial charge in [0.1, 0.15) is 5.38 Å². The Labute approximate surface area is 107 Å². The molecule has 4 heteroatoms. The SMILES string of the molecule is C[C@@H](Cl)C(=O)N(C)[C@@H](C)[C@@H](O)c1ccccc1. The number of aliphatic hydroxyl groups excluding tert-OH is 1. The van der Waals surface area contributed by atoms with Gasteiger partial charge in [-0.25, -0.2) is 0 Å². The molecule has 94 valence electrons. The fourth-order valence-corrected chi connectivity index (χ4v) is 1.78. The maximum absolute atomic E-state index is 11.7. The molecule has 0 unspecified atom stereocenters. The molecule has 0 spiro atoms. The fraction of sp³-hybridized carbons (Fsp3) is 0.462. The van der Waals surface area contributed by atoms with Gasteiger partial charge in [0.05, 0.1) is 12.1 Å². The van der Waals surface area contributed by atoms with E-state index in [4.69, 9.17) is 11.6 Å². The van der Waals surface area contributed by atoms with Gasteiger partial charge in [0.25, 0.3) is 0 Å². The average Bonchev–Trinajstić information content (AvgIpc) is 2.36. The van der Waals surface area contributed by atoms with E-state index in [9.17, 15) is 9.90 Å². The van der Waals surface area contributed by atoms with Crippen molar-refractivity contribution in [3.8, 4) is 0 Å². The molecule has 3 nitrogen and oxygen atoms in total. The van der Waals surface area contributed by atoms with Gasteiger partial charge in [0, 0.05) is 7.05 Å².